The summed E-state index contributed by atoms with van der Waals surface area (Å²) >= 11 is 6.13. The minimum Gasteiger partial charge on any atom is -0.384 e. The standard InChI is InChI=1S/C27H34ClN3O3/c28-22-2-3-23-24(4-8-30-25(23)17-22)29-7-1-9-31-10-5-26(6-11-31)32-27(34-33-26)20-13-18-12-19(15-20)16-21(27)14-18/h2-4,8,17-21H,1,5-7,9-16H2,(H,29,30)/p+2. The van der Waals surface area contributed by atoms with Crippen molar-refractivity contribution in [1.82, 2.24) is 0 Å². The zero-order chi connectivity index (χ0) is 22.8. The predicted molar refractivity (Wildman–Crippen MR) is 129 cm³/mol. The maximum atomic E-state index is 6.85. The van der Waals surface area contributed by atoms with Crippen LogP contribution in [0.5, 0.6) is 0 Å². The zero-order valence-corrected chi connectivity index (χ0v) is 20.5. The largest absolute Gasteiger partial charge is 0.384 e. The number of hydrogen-bond donors (Lipinski definition) is 2. The molecule has 34 heavy (non-hydrogen) atoms. The summed E-state index contributed by atoms with van der Waals surface area (Å²) in [7, 11) is 0. The first-order valence-electron chi connectivity index (χ1n) is 13.4. The number of halogens is 1. The number of pyridine rings is 1. The molecule has 7 heteroatoms. The summed E-state index contributed by atoms with van der Waals surface area (Å²) in [5.74, 6) is 1.96. The Morgan fingerprint density at radius 2 is 1.76 bits per heavy atom. The third-order valence-electron chi connectivity index (χ3n) is 9.45. The maximum Gasteiger partial charge on any atom is 0.215 e. The molecule has 4 bridgehead atoms. The van der Waals surface area contributed by atoms with Gasteiger partial charge in [0.2, 0.25) is 17.1 Å². The number of ether oxygens (including phenoxy) is 1. The fourth-order valence-electron chi connectivity index (χ4n) is 7.92. The van der Waals surface area contributed by atoms with Crippen LogP contribution in [0.25, 0.3) is 10.9 Å². The second kappa shape index (κ2) is 8.31. The highest BCUT2D eigenvalue weighted by atomic mass is 35.5. The quantitative estimate of drug-likeness (QED) is 0.501. The van der Waals surface area contributed by atoms with E-state index in [1.807, 2.05) is 18.3 Å². The van der Waals surface area contributed by atoms with Crippen LogP contribution in [-0.4, -0.2) is 37.8 Å². The Bertz CT molecular complexity index is 1040. The molecule has 6 aliphatic rings. The molecule has 0 radical (unpaired) electrons. The molecule has 0 atom stereocenters. The minimum absolute atomic E-state index is 0.436. The van der Waals surface area contributed by atoms with Gasteiger partial charge in [0, 0.05) is 42.0 Å². The lowest BCUT2D eigenvalue weighted by Gasteiger charge is -2.57. The third-order valence-corrected chi connectivity index (χ3v) is 9.68. The number of piperidine rings is 1. The second-order valence-electron chi connectivity index (χ2n) is 11.6. The van der Waals surface area contributed by atoms with Crippen molar-refractivity contribution in [2.75, 3.05) is 31.5 Å². The highest BCUT2D eigenvalue weighted by Crippen LogP contribution is 2.63. The van der Waals surface area contributed by atoms with Crippen LogP contribution in [0.3, 0.4) is 0 Å². The van der Waals surface area contributed by atoms with Gasteiger partial charge in [0.05, 0.1) is 43.5 Å². The molecule has 4 saturated carbocycles. The van der Waals surface area contributed by atoms with Crippen molar-refractivity contribution in [3.8, 4) is 0 Å². The Morgan fingerprint density at radius 1 is 1.00 bits per heavy atom. The Hall–Kier alpha value is -1.44. The average Bonchev–Trinajstić information content (AvgIpc) is 3.21. The lowest BCUT2D eigenvalue weighted by molar-refractivity contribution is -0.909. The van der Waals surface area contributed by atoms with E-state index < -0.39 is 11.6 Å². The molecule has 1 aromatic heterocycles. The smallest absolute Gasteiger partial charge is 0.215 e. The molecule has 8 rings (SSSR count). The SMILES string of the molecule is Clc1ccc2c(NCCC[NH+]3CCC4(CC3)OOC3(O4)C4CC5CC(C4)CC3C5)cc[nH+]c2c1. The van der Waals surface area contributed by atoms with E-state index in [1.165, 1.54) is 37.5 Å². The van der Waals surface area contributed by atoms with Gasteiger partial charge in [-0.2, -0.15) is 9.78 Å². The molecule has 182 valence electrons. The Balaban J connectivity index is 0.912. The molecule has 6 nitrogen and oxygen atoms in total. The van der Waals surface area contributed by atoms with E-state index >= 15 is 0 Å². The number of aromatic amines is 1. The van der Waals surface area contributed by atoms with Crippen LogP contribution >= 0.6 is 11.6 Å². The number of rotatable bonds is 5. The summed E-state index contributed by atoms with van der Waals surface area (Å²) in [5, 5.41) is 5.54. The molecule has 4 aliphatic carbocycles. The number of nitrogens with one attached hydrogen (secondary N) is 3. The topological polar surface area (TPSA) is 58.3 Å². The van der Waals surface area contributed by atoms with E-state index in [1.54, 1.807) is 4.90 Å². The van der Waals surface area contributed by atoms with Gasteiger partial charge < -0.3 is 15.0 Å². The number of aromatic nitrogens is 1. The van der Waals surface area contributed by atoms with Crippen molar-refractivity contribution >= 4 is 28.2 Å². The van der Waals surface area contributed by atoms with E-state index in [4.69, 9.17) is 26.1 Å². The van der Waals surface area contributed by atoms with Crippen molar-refractivity contribution in [2.45, 2.75) is 62.9 Å². The van der Waals surface area contributed by atoms with Crippen molar-refractivity contribution in [3.05, 3.63) is 35.5 Å². The summed E-state index contributed by atoms with van der Waals surface area (Å²) in [6.45, 7) is 4.29. The van der Waals surface area contributed by atoms with E-state index in [0.29, 0.717) is 11.8 Å². The number of anilines is 1. The van der Waals surface area contributed by atoms with E-state index in [2.05, 4.69) is 22.4 Å². The molecule has 2 aromatic rings. The molecule has 2 aliphatic heterocycles. The first kappa shape index (κ1) is 21.8. The number of quaternary nitrogens is 1. The van der Waals surface area contributed by atoms with Crippen molar-refractivity contribution in [1.29, 1.82) is 0 Å². The van der Waals surface area contributed by atoms with Gasteiger partial charge in [-0.1, -0.05) is 11.6 Å². The molecule has 1 aromatic carbocycles. The van der Waals surface area contributed by atoms with Gasteiger partial charge >= 0.3 is 0 Å². The molecule has 6 fully saturated rings. The zero-order valence-electron chi connectivity index (χ0n) is 19.8. The Labute approximate surface area is 206 Å². The van der Waals surface area contributed by atoms with Gasteiger partial charge in [0.15, 0.2) is 6.20 Å². The van der Waals surface area contributed by atoms with Crippen LogP contribution in [0, 0.1) is 23.7 Å². The highest BCUT2D eigenvalue weighted by molar-refractivity contribution is 6.31. The summed E-state index contributed by atoms with van der Waals surface area (Å²) in [6, 6.07) is 8.09. The van der Waals surface area contributed by atoms with Gasteiger partial charge in [-0.15, -0.1) is 0 Å². The lowest BCUT2D eigenvalue weighted by Crippen LogP contribution is -3.13. The van der Waals surface area contributed by atoms with Crippen LogP contribution < -0.4 is 15.2 Å². The van der Waals surface area contributed by atoms with Crippen molar-refractivity contribution < 1.29 is 24.4 Å². The molecule has 3 heterocycles. The molecular weight excluding hydrogens is 450 g/mol. The molecule has 2 spiro atoms. The highest BCUT2D eigenvalue weighted by Gasteiger charge is 2.67. The second-order valence-corrected chi connectivity index (χ2v) is 12.0. The van der Waals surface area contributed by atoms with Gasteiger partial charge in [-0.3, -0.25) is 0 Å². The first-order valence-corrected chi connectivity index (χ1v) is 13.7. The van der Waals surface area contributed by atoms with Crippen LogP contribution in [0.15, 0.2) is 30.5 Å². The summed E-state index contributed by atoms with van der Waals surface area (Å²) in [6.07, 6.45) is 11.5. The van der Waals surface area contributed by atoms with Crippen molar-refractivity contribution in [2.24, 2.45) is 23.7 Å². The molecular formula is C27H36ClN3O3+2. The van der Waals surface area contributed by atoms with Crippen LogP contribution in [0.4, 0.5) is 5.69 Å². The Kier molecular flexibility index (Phi) is 5.33. The number of hydrogen-bond acceptors (Lipinski definition) is 4. The van der Waals surface area contributed by atoms with Crippen LogP contribution in [0.1, 0.15) is 51.4 Å². The predicted octanol–water partition coefficient (Wildman–Crippen LogP) is 3.62. The number of benzene rings is 1. The monoisotopic (exact) mass is 485 g/mol. The van der Waals surface area contributed by atoms with E-state index in [-0.39, 0.29) is 0 Å². The van der Waals surface area contributed by atoms with Gasteiger partial charge in [0.1, 0.15) is 0 Å². The van der Waals surface area contributed by atoms with Crippen LogP contribution in [-0.2, 0) is 14.5 Å². The van der Waals surface area contributed by atoms with Gasteiger partial charge in [-0.25, -0.2) is 4.98 Å². The first-order chi connectivity index (χ1) is 16.6. The minimum atomic E-state index is -0.502. The molecule has 3 N–H and O–H groups in total. The summed E-state index contributed by atoms with van der Waals surface area (Å²) in [4.78, 5) is 17.2. The van der Waals surface area contributed by atoms with E-state index in [0.717, 1.165) is 73.5 Å². The van der Waals surface area contributed by atoms with Crippen molar-refractivity contribution in [3.63, 3.8) is 0 Å². The van der Waals surface area contributed by atoms with Gasteiger partial charge in [-0.05, 0) is 56.1 Å². The fraction of sp³-hybridized carbons (Fsp3) is 0.667. The molecule has 0 unspecified atom stereocenters. The molecule has 0 amide bonds. The average molecular weight is 486 g/mol. The fourth-order valence-corrected chi connectivity index (χ4v) is 8.09. The lowest BCUT2D eigenvalue weighted by atomic mass is 9.53. The number of fused-ring (bicyclic) bond motifs is 1. The van der Waals surface area contributed by atoms with Gasteiger partial charge in [0.25, 0.3) is 0 Å². The van der Waals surface area contributed by atoms with E-state index in [9.17, 15) is 0 Å². The maximum absolute atomic E-state index is 6.85. The number of H-pyrrole nitrogens is 1. The third kappa shape index (κ3) is 3.65. The molecule has 2 saturated heterocycles. The summed E-state index contributed by atoms with van der Waals surface area (Å²) < 4.78 is 6.85. The van der Waals surface area contributed by atoms with Crippen LogP contribution in [0.2, 0.25) is 5.02 Å². The number of likely N-dealkylation sites (tertiary alicyclic amines) is 1. The summed E-state index contributed by atoms with van der Waals surface area (Å²) in [5.41, 5.74) is 2.21. The Morgan fingerprint density at radius 3 is 2.53 bits per heavy atom. The normalized spacial score (nSPS) is 40.6.